The molecular formula is C23H33N3O5. The molecule has 2 fully saturated rings. The lowest BCUT2D eigenvalue weighted by Gasteiger charge is -2.31. The Morgan fingerprint density at radius 2 is 2.00 bits per heavy atom. The van der Waals surface area contributed by atoms with Crippen molar-refractivity contribution in [2.75, 3.05) is 31.7 Å². The monoisotopic (exact) mass is 431 g/mol. The number of rotatable bonds is 8. The van der Waals surface area contributed by atoms with Gasteiger partial charge >= 0.3 is 0 Å². The van der Waals surface area contributed by atoms with Crippen LogP contribution in [0.3, 0.4) is 0 Å². The lowest BCUT2D eigenvalue weighted by Crippen LogP contribution is -2.54. The fourth-order valence-electron chi connectivity index (χ4n) is 4.34. The first kappa shape index (κ1) is 23.1. The molecular weight excluding hydrogens is 398 g/mol. The Morgan fingerprint density at radius 1 is 1.29 bits per heavy atom. The summed E-state index contributed by atoms with van der Waals surface area (Å²) in [5.74, 6) is -0.398. The number of nitrogens with zero attached hydrogens (tertiary/aromatic N) is 2. The van der Waals surface area contributed by atoms with E-state index in [0.717, 1.165) is 24.9 Å². The summed E-state index contributed by atoms with van der Waals surface area (Å²) in [6.07, 6.45) is 2.47. The zero-order chi connectivity index (χ0) is 22.5. The SMILES string of the molecule is CCC(C)C(NC(=O)C1CC(=O)N(c2ccc(OC)cc2)C1)C(=O)N1CCCC1CO. The van der Waals surface area contributed by atoms with Crippen LogP contribution in [0.4, 0.5) is 5.69 Å². The number of nitrogens with one attached hydrogen (secondary N) is 1. The minimum atomic E-state index is -0.658. The Bertz CT molecular complexity index is 797. The summed E-state index contributed by atoms with van der Waals surface area (Å²) in [6.45, 7) is 4.73. The quantitative estimate of drug-likeness (QED) is 0.651. The molecule has 3 rings (SSSR count). The predicted molar refractivity (Wildman–Crippen MR) is 117 cm³/mol. The first-order valence-electron chi connectivity index (χ1n) is 11.1. The van der Waals surface area contributed by atoms with Crippen LogP contribution >= 0.6 is 0 Å². The third kappa shape index (κ3) is 5.01. The molecule has 4 atom stereocenters. The van der Waals surface area contributed by atoms with E-state index < -0.39 is 12.0 Å². The van der Waals surface area contributed by atoms with Gasteiger partial charge in [0, 0.05) is 25.2 Å². The maximum atomic E-state index is 13.2. The van der Waals surface area contributed by atoms with E-state index in [-0.39, 0.29) is 49.3 Å². The highest BCUT2D eigenvalue weighted by atomic mass is 16.5. The van der Waals surface area contributed by atoms with Crippen molar-refractivity contribution in [1.29, 1.82) is 0 Å². The summed E-state index contributed by atoms with van der Waals surface area (Å²) < 4.78 is 5.16. The second kappa shape index (κ2) is 10.1. The molecule has 2 N–H and O–H groups in total. The van der Waals surface area contributed by atoms with Crippen molar-refractivity contribution in [3.8, 4) is 5.75 Å². The largest absolute Gasteiger partial charge is 0.497 e. The van der Waals surface area contributed by atoms with E-state index in [9.17, 15) is 19.5 Å². The molecule has 1 aromatic carbocycles. The molecule has 0 aromatic heterocycles. The van der Waals surface area contributed by atoms with Crippen LogP contribution in [0.25, 0.3) is 0 Å². The van der Waals surface area contributed by atoms with Crippen LogP contribution in [0.1, 0.15) is 39.5 Å². The molecule has 8 nitrogen and oxygen atoms in total. The number of anilines is 1. The number of hydrogen-bond acceptors (Lipinski definition) is 5. The van der Waals surface area contributed by atoms with E-state index >= 15 is 0 Å². The number of likely N-dealkylation sites (tertiary alicyclic amines) is 1. The molecule has 0 aliphatic carbocycles. The fraction of sp³-hybridized carbons (Fsp3) is 0.609. The van der Waals surface area contributed by atoms with E-state index in [1.807, 2.05) is 13.8 Å². The van der Waals surface area contributed by atoms with Crippen molar-refractivity contribution in [1.82, 2.24) is 10.2 Å². The molecule has 0 saturated carbocycles. The Morgan fingerprint density at radius 3 is 2.61 bits per heavy atom. The molecule has 0 radical (unpaired) electrons. The van der Waals surface area contributed by atoms with Gasteiger partial charge in [0.2, 0.25) is 17.7 Å². The van der Waals surface area contributed by atoms with Crippen LogP contribution < -0.4 is 15.0 Å². The number of aliphatic hydroxyl groups excluding tert-OH is 1. The second-order valence-electron chi connectivity index (χ2n) is 8.49. The Labute approximate surface area is 183 Å². The van der Waals surface area contributed by atoms with E-state index in [2.05, 4.69) is 5.32 Å². The number of aliphatic hydroxyl groups is 1. The van der Waals surface area contributed by atoms with Crippen molar-refractivity contribution in [2.24, 2.45) is 11.8 Å². The first-order valence-corrected chi connectivity index (χ1v) is 11.1. The highest BCUT2D eigenvalue weighted by Gasteiger charge is 2.39. The van der Waals surface area contributed by atoms with Gasteiger partial charge < -0.3 is 25.0 Å². The highest BCUT2D eigenvalue weighted by molar-refractivity contribution is 6.01. The number of ether oxygens (including phenoxy) is 1. The van der Waals surface area contributed by atoms with Gasteiger partial charge in [-0.3, -0.25) is 14.4 Å². The predicted octanol–water partition coefficient (Wildman–Crippen LogP) is 1.56. The number of carbonyl (C=O) groups is 3. The average molecular weight is 432 g/mol. The molecule has 170 valence electrons. The van der Waals surface area contributed by atoms with Crippen molar-refractivity contribution in [3.05, 3.63) is 24.3 Å². The van der Waals surface area contributed by atoms with Gasteiger partial charge in [-0.25, -0.2) is 0 Å². The molecule has 2 aliphatic rings. The zero-order valence-corrected chi connectivity index (χ0v) is 18.5. The van der Waals surface area contributed by atoms with Gasteiger partial charge in [0.25, 0.3) is 0 Å². The summed E-state index contributed by atoms with van der Waals surface area (Å²) in [4.78, 5) is 42.1. The van der Waals surface area contributed by atoms with Crippen molar-refractivity contribution < 1.29 is 24.2 Å². The van der Waals surface area contributed by atoms with Gasteiger partial charge in [0.1, 0.15) is 11.8 Å². The van der Waals surface area contributed by atoms with Gasteiger partial charge in [0.15, 0.2) is 0 Å². The minimum absolute atomic E-state index is 0.0498. The summed E-state index contributed by atoms with van der Waals surface area (Å²) in [5.41, 5.74) is 0.721. The van der Waals surface area contributed by atoms with Crippen LogP contribution in [0, 0.1) is 11.8 Å². The maximum Gasteiger partial charge on any atom is 0.245 e. The lowest BCUT2D eigenvalue weighted by atomic mass is 9.96. The third-order valence-corrected chi connectivity index (χ3v) is 6.53. The molecule has 2 saturated heterocycles. The third-order valence-electron chi connectivity index (χ3n) is 6.53. The van der Waals surface area contributed by atoms with E-state index in [1.165, 1.54) is 0 Å². The molecule has 0 bridgehead atoms. The molecule has 2 heterocycles. The van der Waals surface area contributed by atoms with Crippen LogP contribution in [0.2, 0.25) is 0 Å². The van der Waals surface area contributed by atoms with Crippen molar-refractivity contribution >= 4 is 23.4 Å². The van der Waals surface area contributed by atoms with Gasteiger partial charge in [-0.15, -0.1) is 0 Å². The Kier molecular flexibility index (Phi) is 7.54. The average Bonchev–Trinajstić information content (AvgIpc) is 3.43. The molecule has 3 amide bonds. The molecule has 2 aliphatic heterocycles. The normalized spacial score (nSPS) is 23.0. The molecule has 31 heavy (non-hydrogen) atoms. The number of carbonyl (C=O) groups excluding carboxylic acids is 3. The molecule has 0 spiro atoms. The summed E-state index contributed by atoms with van der Waals surface area (Å²) in [6, 6.07) is 6.31. The van der Waals surface area contributed by atoms with Gasteiger partial charge in [-0.1, -0.05) is 20.3 Å². The Balaban J connectivity index is 1.68. The van der Waals surface area contributed by atoms with E-state index in [1.54, 1.807) is 41.2 Å². The van der Waals surface area contributed by atoms with Crippen LogP contribution in [0.5, 0.6) is 5.75 Å². The number of hydrogen-bond donors (Lipinski definition) is 2. The van der Waals surface area contributed by atoms with Gasteiger partial charge in [0.05, 0.1) is 25.7 Å². The smallest absolute Gasteiger partial charge is 0.245 e. The minimum Gasteiger partial charge on any atom is -0.497 e. The first-order chi connectivity index (χ1) is 14.9. The number of amides is 3. The van der Waals surface area contributed by atoms with Gasteiger partial charge in [-0.2, -0.15) is 0 Å². The second-order valence-corrected chi connectivity index (χ2v) is 8.49. The maximum absolute atomic E-state index is 13.2. The van der Waals surface area contributed by atoms with Gasteiger partial charge in [-0.05, 0) is 43.0 Å². The summed E-state index contributed by atoms with van der Waals surface area (Å²) >= 11 is 0. The van der Waals surface area contributed by atoms with Crippen molar-refractivity contribution in [2.45, 2.75) is 51.6 Å². The van der Waals surface area contributed by atoms with E-state index in [4.69, 9.17) is 4.74 Å². The van der Waals surface area contributed by atoms with Crippen LogP contribution in [-0.2, 0) is 14.4 Å². The Hall–Kier alpha value is -2.61. The highest BCUT2D eigenvalue weighted by Crippen LogP contribution is 2.28. The topological polar surface area (TPSA) is 99.2 Å². The van der Waals surface area contributed by atoms with E-state index in [0.29, 0.717) is 12.3 Å². The van der Waals surface area contributed by atoms with Crippen molar-refractivity contribution in [3.63, 3.8) is 0 Å². The summed E-state index contributed by atoms with van der Waals surface area (Å²) in [7, 11) is 1.58. The van der Waals surface area contributed by atoms with Crippen LogP contribution in [0.15, 0.2) is 24.3 Å². The standard InChI is InChI=1S/C23H33N3O5/c1-4-15(2)21(23(30)25-11-5-6-18(25)14-27)24-22(29)16-12-20(28)26(13-16)17-7-9-19(31-3)10-8-17/h7-10,15-16,18,21,27H,4-6,11-14H2,1-3H3,(H,24,29). The fourth-order valence-corrected chi connectivity index (χ4v) is 4.34. The van der Waals surface area contributed by atoms with Crippen LogP contribution in [-0.4, -0.2) is 66.6 Å². The number of methoxy groups -OCH3 is 1. The lowest BCUT2D eigenvalue weighted by molar-refractivity contribution is -0.140. The zero-order valence-electron chi connectivity index (χ0n) is 18.5. The molecule has 4 unspecified atom stereocenters. The molecule has 1 aromatic rings. The summed E-state index contributed by atoms with van der Waals surface area (Å²) in [5, 5.41) is 12.5. The number of benzene rings is 1. The molecule has 8 heteroatoms.